The summed E-state index contributed by atoms with van der Waals surface area (Å²) in [6.07, 6.45) is 2.17. The second-order valence-electron chi connectivity index (χ2n) is 9.20. The van der Waals surface area contributed by atoms with Crippen LogP contribution in [-0.4, -0.2) is 63.9 Å². The maximum absolute atomic E-state index is 12.9. The van der Waals surface area contributed by atoms with Crippen molar-refractivity contribution >= 4 is 21.7 Å². The molecule has 3 rings (SSSR count). The average Bonchev–Trinajstić information content (AvgIpc) is 2.74. The van der Waals surface area contributed by atoms with Crippen LogP contribution in [0.5, 0.6) is 0 Å². The molecule has 2 fully saturated rings. The lowest BCUT2D eigenvalue weighted by atomic mass is 9.67. The predicted molar refractivity (Wildman–Crippen MR) is 119 cm³/mol. The fourth-order valence-corrected chi connectivity index (χ4v) is 5.91. The van der Waals surface area contributed by atoms with Gasteiger partial charge in [0, 0.05) is 51.8 Å². The van der Waals surface area contributed by atoms with Gasteiger partial charge in [-0.15, -0.1) is 0 Å². The van der Waals surface area contributed by atoms with E-state index >= 15 is 0 Å². The molecule has 10 heteroatoms. The Morgan fingerprint density at radius 2 is 2.00 bits per heavy atom. The fourth-order valence-electron chi connectivity index (χ4n) is 4.59. The second kappa shape index (κ2) is 9.99. The van der Waals surface area contributed by atoms with Gasteiger partial charge in [-0.3, -0.25) is 4.79 Å². The van der Waals surface area contributed by atoms with Gasteiger partial charge < -0.3 is 9.80 Å². The lowest BCUT2D eigenvalue weighted by molar-refractivity contribution is -0.134. The van der Waals surface area contributed by atoms with Crippen LogP contribution < -0.4 is 9.62 Å². The summed E-state index contributed by atoms with van der Waals surface area (Å²) in [6, 6.07) is 1.74. The van der Waals surface area contributed by atoms with E-state index in [0.29, 0.717) is 43.9 Å². The van der Waals surface area contributed by atoms with Crippen LogP contribution in [0.1, 0.15) is 51.0 Å². The summed E-state index contributed by atoms with van der Waals surface area (Å²) in [5.74, 6) is 0.859. The minimum absolute atomic E-state index is 0.00761. The van der Waals surface area contributed by atoms with Gasteiger partial charge in [-0.25, -0.2) is 26.9 Å². The summed E-state index contributed by atoms with van der Waals surface area (Å²) in [5, 5.41) is 0. The van der Waals surface area contributed by atoms with Crippen molar-refractivity contribution < 1.29 is 22.0 Å². The Hall–Kier alpha value is -1.81. The van der Waals surface area contributed by atoms with Crippen LogP contribution in [-0.2, 0) is 14.8 Å². The molecule has 1 aromatic heterocycles. The number of sulfonamides is 1. The third-order valence-electron chi connectivity index (χ3n) is 7.00. The first-order valence-electron chi connectivity index (χ1n) is 11.3. The molecule has 0 atom stereocenters. The van der Waals surface area contributed by atoms with Gasteiger partial charge in [0.05, 0.1) is 0 Å². The minimum atomic E-state index is -3.84. The molecule has 0 spiro atoms. The van der Waals surface area contributed by atoms with Crippen molar-refractivity contribution in [1.29, 1.82) is 0 Å². The number of alkyl halides is 2. The average molecular weight is 473 g/mol. The number of hydrogen-bond donors (Lipinski definition) is 1. The molecule has 2 heterocycles. The van der Waals surface area contributed by atoms with Crippen molar-refractivity contribution in [2.45, 2.75) is 63.7 Å². The number of rotatable bonds is 9. The molecule has 32 heavy (non-hydrogen) atoms. The van der Waals surface area contributed by atoms with Gasteiger partial charge in [-0.1, -0.05) is 6.42 Å². The third-order valence-corrected chi connectivity index (χ3v) is 8.53. The number of amides is 1. The number of carbonyl (C=O) groups is 1. The van der Waals surface area contributed by atoms with E-state index in [1.54, 1.807) is 17.9 Å². The number of aromatic nitrogens is 1. The largest absolute Gasteiger partial charge is 0.357 e. The highest BCUT2D eigenvalue weighted by Gasteiger charge is 2.40. The van der Waals surface area contributed by atoms with Gasteiger partial charge in [0.2, 0.25) is 22.4 Å². The Morgan fingerprint density at radius 3 is 2.50 bits per heavy atom. The van der Waals surface area contributed by atoms with Crippen molar-refractivity contribution in [2.24, 2.45) is 11.3 Å². The topological polar surface area (TPSA) is 82.6 Å². The van der Waals surface area contributed by atoms with E-state index in [0.717, 1.165) is 19.3 Å². The smallest absolute Gasteiger partial charge is 0.242 e. The number of carbonyl (C=O) groups excluding carboxylic acids is 1. The molecule has 1 N–H and O–H groups in total. The number of anilines is 1. The lowest BCUT2D eigenvalue weighted by Crippen LogP contribution is -2.43. The number of hydrogen-bond acceptors (Lipinski definition) is 5. The number of halogens is 2. The first-order valence-corrected chi connectivity index (χ1v) is 12.8. The highest BCUT2D eigenvalue weighted by molar-refractivity contribution is 7.89. The van der Waals surface area contributed by atoms with E-state index in [1.165, 1.54) is 6.20 Å². The number of nitrogens with one attached hydrogen (secondary N) is 1. The molecule has 180 valence electrons. The van der Waals surface area contributed by atoms with Crippen molar-refractivity contribution in [3.05, 3.63) is 17.8 Å². The summed E-state index contributed by atoms with van der Waals surface area (Å²) in [4.78, 5) is 20.6. The number of piperidine rings is 1. The van der Waals surface area contributed by atoms with Crippen molar-refractivity contribution in [2.75, 3.05) is 38.1 Å². The summed E-state index contributed by atoms with van der Waals surface area (Å²) in [5.41, 5.74) is -0.0845. The molecular formula is C22H34F2N4O3S. The predicted octanol–water partition coefficient (Wildman–Crippen LogP) is 3.19. The molecule has 1 aliphatic heterocycles. The quantitative estimate of drug-likeness (QED) is 0.597. The molecule has 7 nitrogen and oxygen atoms in total. The molecule has 1 aliphatic carbocycles. The summed E-state index contributed by atoms with van der Waals surface area (Å²) >= 11 is 0. The van der Waals surface area contributed by atoms with Gasteiger partial charge in [0.15, 0.2) is 0 Å². The second-order valence-corrected chi connectivity index (χ2v) is 10.9. The van der Waals surface area contributed by atoms with Crippen LogP contribution >= 0.6 is 0 Å². The maximum atomic E-state index is 12.9. The van der Waals surface area contributed by atoms with Crippen LogP contribution in [0, 0.1) is 18.3 Å². The molecule has 1 saturated heterocycles. The van der Waals surface area contributed by atoms with Gasteiger partial charge in [-0.2, -0.15) is 0 Å². The molecule has 2 aliphatic rings. The van der Waals surface area contributed by atoms with Crippen molar-refractivity contribution in [1.82, 2.24) is 14.6 Å². The normalized spacial score (nSPS) is 19.1. The third kappa shape index (κ3) is 5.57. The van der Waals surface area contributed by atoms with Crippen LogP contribution in [0.2, 0.25) is 0 Å². The zero-order valence-corrected chi connectivity index (χ0v) is 19.9. The first kappa shape index (κ1) is 24.8. The maximum Gasteiger partial charge on any atom is 0.242 e. The Kier molecular flexibility index (Phi) is 7.75. The molecule has 1 saturated carbocycles. The molecular weight excluding hydrogens is 438 g/mol. The van der Waals surface area contributed by atoms with E-state index in [-0.39, 0.29) is 29.7 Å². The molecule has 1 aromatic rings. The Balaban J connectivity index is 1.63. The lowest BCUT2D eigenvalue weighted by Gasteiger charge is -2.41. The summed E-state index contributed by atoms with van der Waals surface area (Å²) < 4.78 is 54.0. The van der Waals surface area contributed by atoms with Gasteiger partial charge in [0.25, 0.3) is 0 Å². The Morgan fingerprint density at radius 1 is 1.34 bits per heavy atom. The summed E-state index contributed by atoms with van der Waals surface area (Å²) in [6.45, 7) is 5.74. The van der Waals surface area contributed by atoms with Crippen LogP contribution in [0.25, 0.3) is 0 Å². The number of pyridine rings is 1. The van der Waals surface area contributed by atoms with Crippen molar-refractivity contribution in [3.8, 4) is 0 Å². The molecule has 0 aromatic carbocycles. The van der Waals surface area contributed by atoms with Gasteiger partial charge >= 0.3 is 0 Å². The monoisotopic (exact) mass is 472 g/mol. The highest BCUT2D eigenvalue weighted by atomic mass is 32.2. The van der Waals surface area contributed by atoms with E-state index in [4.69, 9.17) is 0 Å². The molecule has 1 amide bonds. The van der Waals surface area contributed by atoms with Crippen LogP contribution in [0.15, 0.2) is 17.2 Å². The fraction of sp³-hybridized carbons (Fsp3) is 0.727. The summed E-state index contributed by atoms with van der Waals surface area (Å²) in [7, 11) is -2.03. The van der Waals surface area contributed by atoms with E-state index in [1.807, 2.05) is 14.0 Å². The minimum Gasteiger partial charge on any atom is -0.357 e. The zero-order chi connectivity index (χ0) is 23.5. The van der Waals surface area contributed by atoms with E-state index < -0.39 is 21.9 Å². The van der Waals surface area contributed by atoms with Crippen molar-refractivity contribution in [3.63, 3.8) is 0 Å². The van der Waals surface area contributed by atoms with Gasteiger partial charge in [-0.05, 0) is 56.6 Å². The first-order chi connectivity index (χ1) is 15.1. The molecule has 0 radical (unpaired) electrons. The Bertz CT molecular complexity index is 914. The standard InChI is InChI=1S/C22H34F2N4O3S/c1-4-27(3)21(29)17-6-10-28(11-7-17)20-12-16(2)18(14-25-20)32(30,31)26-15-22(8-5-9-22)13-19(23)24/h12,14,17,19,26H,4-11,13,15H2,1-3H3. The highest BCUT2D eigenvalue weighted by Crippen LogP contribution is 2.45. The zero-order valence-electron chi connectivity index (χ0n) is 19.1. The number of nitrogens with zero attached hydrogens (tertiary/aromatic N) is 3. The van der Waals surface area contributed by atoms with E-state index in [2.05, 4.69) is 14.6 Å². The SMILES string of the molecule is CCN(C)C(=O)C1CCN(c2cc(C)c(S(=O)(=O)NCC3(CC(F)F)CCC3)cn2)CC1. The number of aryl methyl sites for hydroxylation is 1. The van der Waals surface area contributed by atoms with E-state index in [9.17, 15) is 22.0 Å². The molecule has 0 bridgehead atoms. The molecule has 0 unspecified atom stereocenters. The Labute approximate surface area is 189 Å². The van der Waals surface area contributed by atoms with Crippen LogP contribution in [0.3, 0.4) is 0 Å². The van der Waals surface area contributed by atoms with Gasteiger partial charge in [0.1, 0.15) is 10.7 Å². The van der Waals surface area contributed by atoms with Crippen LogP contribution in [0.4, 0.5) is 14.6 Å².